The number of Topliss-reactive ketones (excluding diaryl/α,β-unsaturated/α-hetero) is 3. The SMILES string of the molecule is C=CCNC(=O)C(=O)C(CCC)NC(=O)[C@@H]1[C@@H]2[C@H](CN1C(=O)[C@@H](NC(=O)N[C@H](CN1C(=O)c3ccccc3S1(=O)=O)C(C)(C)C)C(C)(C)C)C2(C)C.CNC(=O)C(=O)C(CC1CC1)NC(=O)[C@@H]1[C@@H]2[C@H](CN1C(=O)[C@@H](NC(=O)N[C@H](CN1CCN(C)S1(=O)=O)C(C)(C)C)C(C)(C)C)C2(C)C.CNC(=O)C(=O)C(CCC(F)(F)F)NC(=O)[C@@H]1[C@@H]2[C@H](CN1C(=O)[C@@H](NC(=O)N[C@H](CN1CCN(C)S1(=O)=O)C(C)(C)C)C(C)(C)C)C2(C)C. The number of halogens is 3. The molecule has 0 aromatic heterocycles. The lowest BCUT2D eigenvalue weighted by molar-refractivity contribution is -0.148. The number of fused-ring (bicyclic) bond motifs is 4. The molecule has 4 aliphatic carbocycles. The summed E-state index contributed by atoms with van der Waals surface area (Å²) in [6.45, 7) is 51.7. The van der Waals surface area contributed by atoms with E-state index < -0.39 is 254 Å². The minimum atomic E-state index is -4.65. The van der Waals surface area contributed by atoms with Crippen LogP contribution in [0, 0.1) is 90.2 Å². The van der Waals surface area contributed by atoms with E-state index in [4.69, 9.17) is 0 Å². The minimum absolute atomic E-state index is 0.00514. The molecule has 12 N–H and O–H groups in total. The van der Waals surface area contributed by atoms with Crippen molar-refractivity contribution in [2.75, 3.05) is 100 Å². The molecule has 3 unspecified atom stereocenters. The van der Waals surface area contributed by atoms with Crippen LogP contribution in [-0.4, -0.2) is 335 Å². The van der Waals surface area contributed by atoms with Crippen LogP contribution in [0.25, 0.3) is 0 Å². The Morgan fingerprint density at radius 1 is 0.446 bits per heavy atom. The number of benzene rings is 1. The van der Waals surface area contributed by atoms with Crippen molar-refractivity contribution in [1.29, 1.82) is 0 Å². The fourth-order valence-corrected chi connectivity index (χ4v) is 25.3. The molecule has 9 fully saturated rings. The molecule has 0 radical (unpaired) electrons. The Morgan fingerprint density at radius 2 is 0.770 bits per heavy atom. The number of nitrogens with zero attached hydrogens (tertiary/aromatic N) is 8. The highest BCUT2D eigenvalue weighted by Crippen LogP contribution is 2.67. The first-order chi connectivity index (χ1) is 67.6. The second-order valence-corrected chi connectivity index (χ2v) is 55.3. The lowest BCUT2D eigenvalue weighted by Gasteiger charge is -2.39. The van der Waals surface area contributed by atoms with Gasteiger partial charge in [-0.15, -0.1) is 6.58 Å². The van der Waals surface area contributed by atoms with Gasteiger partial charge in [-0.2, -0.15) is 47.2 Å². The number of ketones is 3. The number of rotatable bonds is 35. The molecule has 148 heavy (non-hydrogen) atoms. The zero-order valence-electron chi connectivity index (χ0n) is 91.2. The normalized spacial score (nSPS) is 25.2. The van der Waals surface area contributed by atoms with E-state index in [0.29, 0.717) is 39.0 Å². The van der Waals surface area contributed by atoms with E-state index in [9.17, 15) is 115 Å². The summed E-state index contributed by atoms with van der Waals surface area (Å²) in [7, 11) is -5.95. The Labute approximate surface area is 869 Å². The zero-order valence-corrected chi connectivity index (χ0v) is 93.7. The van der Waals surface area contributed by atoms with Crippen LogP contribution in [0.15, 0.2) is 41.8 Å². The van der Waals surface area contributed by atoms with Gasteiger partial charge in [0.25, 0.3) is 54.1 Å². The molecule has 42 nitrogen and oxygen atoms in total. The lowest BCUT2D eigenvalue weighted by Crippen LogP contribution is -2.62. The summed E-state index contributed by atoms with van der Waals surface area (Å²) in [5.74, 6) is -10.1. The molecule has 5 saturated heterocycles. The number of hydrogen-bond acceptors (Lipinski definition) is 22. The molecule has 18 atom stereocenters. The Morgan fingerprint density at radius 3 is 1.07 bits per heavy atom. The first-order valence-corrected chi connectivity index (χ1v) is 55.0. The number of hydrogen-bond donors (Lipinski definition) is 12. The molecular formula is C100H161F3N20O22S3. The van der Waals surface area contributed by atoms with Gasteiger partial charge in [0.15, 0.2) is 0 Å². The first kappa shape index (κ1) is 121. The average molecular weight is 2150 g/mol. The maximum Gasteiger partial charge on any atom is 0.389 e. The molecule has 16 amide bonds. The number of likely N-dealkylation sites (tertiary alicyclic amines) is 3. The lowest BCUT2D eigenvalue weighted by atomic mass is 9.85. The number of carbonyl (C=O) groups is 16. The fraction of sp³-hybridized carbons (Fsp3) is 0.760. The monoisotopic (exact) mass is 2150 g/mol. The number of alkyl halides is 3. The highest BCUT2D eigenvalue weighted by molar-refractivity contribution is 7.90. The van der Waals surface area contributed by atoms with Crippen molar-refractivity contribution in [2.24, 2.45) is 90.2 Å². The zero-order chi connectivity index (χ0) is 112. The van der Waals surface area contributed by atoms with Gasteiger partial charge in [0.1, 0.15) is 41.1 Å². The van der Waals surface area contributed by atoms with E-state index in [1.54, 1.807) is 68.4 Å². The fourth-order valence-electron chi connectivity index (χ4n) is 21.0. The summed E-state index contributed by atoms with van der Waals surface area (Å²) in [5.41, 5.74) is -5.07. The van der Waals surface area contributed by atoms with E-state index in [0.717, 1.165) is 24.2 Å². The van der Waals surface area contributed by atoms with Crippen molar-refractivity contribution in [1.82, 2.24) is 100 Å². The molecule has 0 bridgehead atoms. The number of nitrogens with one attached hydrogen (secondary N) is 12. The van der Waals surface area contributed by atoms with Crippen molar-refractivity contribution >= 4 is 125 Å². The average Bonchev–Trinajstić information content (AvgIpc) is 1.53. The Bertz CT molecular complexity index is 5620. The third kappa shape index (κ3) is 27.3. The highest BCUT2D eigenvalue weighted by atomic mass is 32.2. The Hall–Kier alpha value is -10.0. The number of urea groups is 3. The second kappa shape index (κ2) is 44.7. The smallest absolute Gasteiger partial charge is 0.353 e. The molecule has 6 heterocycles. The summed E-state index contributed by atoms with van der Waals surface area (Å²) >= 11 is 0. The largest absolute Gasteiger partial charge is 0.389 e. The van der Waals surface area contributed by atoms with Crippen LogP contribution in [0.1, 0.15) is 228 Å². The quantitative estimate of drug-likeness (QED) is 0.0328. The number of likely N-dealkylation sites (N-methyl/N-ethyl adjacent to an activating group) is 4. The predicted octanol–water partition coefficient (Wildman–Crippen LogP) is 4.52. The molecule has 10 aliphatic rings. The van der Waals surface area contributed by atoms with Crippen LogP contribution in [0.5, 0.6) is 0 Å². The highest BCUT2D eigenvalue weighted by Gasteiger charge is 2.73. The summed E-state index contributed by atoms with van der Waals surface area (Å²) < 4.78 is 123. The number of amides is 16. The van der Waals surface area contributed by atoms with Gasteiger partial charge in [-0.25, -0.2) is 27.1 Å². The van der Waals surface area contributed by atoms with Gasteiger partial charge >= 0.3 is 24.3 Å². The Balaban J connectivity index is 0.000000247. The molecule has 1 aromatic rings. The van der Waals surface area contributed by atoms with Crippen molar-refractivity contribution in [3.63, 3.8) is 0 Å². The van der Waals surface area contributed by atoms with Gasteiger partial charge < -0.3 is 78.5 Å². The summed E-state index contributed by atoms with van der Waals surface area (Å²) in [6, 6.07) is -8.39. The minimum Gasteiger partial charge on any atom is -0.353 e. The van der Waals surface area contributed by atoms with Gasteiger partial charge in [0.2, 0.25) is 52.8 Å². The van der Waals surface area contributed by atoms with Gasteiger partial charge in [-0.05, 0) is 122 Å². The molecule has 48 heteroatoms. The maximum absolute atomic E-state index is 14.4. The molecule has 11 rings (SSSR count). The first-order valence-electron chi connectivity index (χ1n) is 50.8. The molecule has 4 saturated carbocycles. The van der Waals surface area contributed by atoms with Crippen LogP contribution in [-0.2, 0) is 88.0 Å². The molecule has 1 aromatic carbocycles. The maximum atomic E-state index is 14.4. The Kier molecular flexibility index (Phi) is 36.7. The molecule has 0 spiro atoms. The standard InChI is InChI=1S/C37H54N6O8S.C32H55N7O7S.C31H52F3N7O7S/c1-11-15-23(28(44)31(46)38-18-12-2)39-30(45)27-26-22(37(26,9)10)19-42(27)33(48)29(36(6,7)8)41-34(49)40-25(35(3,4)5)20-43-32(47)21-16-13-14-17-24(21)52(43,50)51;1-30(2,3)21(17-38-14-13-37(10)47(38,45)46)35-29(44)36-25(31(4,5)6)28(43)39-16-19-22(32(19,7)8)23(39)26(41)34-20(15-18-11-12-18)24(40)27(42)33-9;1-28(2,3)19(16-40-14-13-39(10)49(40,47)48)37-27(46)38-23(29(4,5)6)26(45)41-15-17-20(30(17,7)8)21(41)24(43)36-18(11-12-31(32,33)34)22(42)25(44)35-9/h12-14,16-17,22-23,25-27,29H,2,11,15,18-20H2,1,3-10H3,(H,38,46)(H,39,45)(H2,40,41,49);18-23,25H,11-17H2,1-10H3,(H,33,42)(H,34,41)(H2,35,36,44);17-21,23H,11-16H2,1-10H3,(H,35,44)(H,36,43)(H2,37,38,46)/t22-,23?,25+,26-,27-,29+;19-,20?,21+,22-,23-,25+;17-,18?,19+,20-,21-,23+/m000/s1. The van der Waals surface area contributed by atoms with Gasteiger partial charge in [-0.1, -0.05) is 211 Å². The van der Waals surface area contributed by atoms with Crippen molar-refractivity contribution in [2.45, 2.75) is 302 Å². The van der Waals surface area contributed by atoms with E-state index in [1.165, 1.54) is 77.3 Å². The number of sulfonamides is 1. The van der Waals surface area contributed by atoms with Crippen molar-refractivity contribution in [3.8, 4) is 0 Å². The number of carbonyl (C=O) groups excluding carboxylic acids is 16. The predicted molar refractivity (Wildman–Crippen MR) is 544 cm³/mol. The topological polar surface area (TPSA) is 546 Å². The van der Waals surface area contributed by atoms with Crippen LogP contribution in [0.4, 0.5) is 27.6 Å². The van der Waals surface area contributed by atoms with Crippen molar-refractivity contribution in [3.05, 3.63) is 42.5 Å². The third-order valence-corrected chi connectivity index (χ3v) is 37.0. The number of piperidine rings is 3. The summed E-state index contributed by atoms with van der Waals surface area (Å²) in [4.78, 5) is 218. The van der Waals surface area contributed by atoms with Crippen LogP contribution >= 0.6 is 0 Å². The molecular weight excluding hydrogens is 1990 g/mol. The molecule has 832 valence electrons. The summed E-state index contributed by atoms with van der Waals surface area (Å²) in [6.07, 6.45) is -2.53. The van der Waals surface area contributed by atoms with Crippen LogP contribution < -0.4 is 63.8 Å². The van der Waals surface area contributed by atoms with Crippen molar-refractivity contribution < 1.29 is 115 Å². The van der Waals surface area contributed by atoms with E-state index >= 15 is 0 Å². The third-order valence-electron chi connectivity index (χ3n) is 31.3. The van der Waals surface area contributed by atoms with Gasteiger partial charge in [-0.3, -0.25) is 62.3 Å². The van der Waals surface area contributed by atoms with Gasteiger partial charge in [0, 0.05) is 112 Å². The second-order valence-electron chi connectivity index (χ2n) is 49.4. The van der Waals surface area contributed by atoms with Gasteiger partial charge in [0.05, 0.1) is 36.3 Å². The van der Waals surface area contributed by atoms with E-state index in [-0.39, 0.29) is 115 Å². The molecule has 6 aliphatic heterocycles. The summed E-state index contributed by atoms with van der Waals surface area (Å²) in [5, 5.41) is 31.8. The van der Waals surface area contributed by atoms with E-state index in [2.05, 4.69) is 84.2 Å². The van der Waals surface area contributed by atoms with Crippen LogP contribution in [0.2, 0.25) is 0 Å². The van der Waals surface area contributed by atoms with Crippen LogP contribution in [0.3, 0.4) is 0 Å². The van der Waals surface area contributed by atoms with E-state index in [1.807, 2.05) is 96.9 Å².